The third-order valence-corrected chi connectivity index (χ3v) is 3.67. The molecule has 1 saturated carbocycles. The normalized spacial score (nSPS) is 31.0. The van der Waals surface area contributed by atoms with Crippen molar-refractivity contribution in [2.24, 2.45) is 13.0 Å². The lowest BCUT2D eigenvalue weighted by Crippen LogP contribution is -2.29. The van der Waals surface area contributed by atoms with Crippen molar-refractivity contribution in [1.82, 2.24) is 9.55 Å². The minimum atomic E-state index is -0.500. The largest absolute Gasteiger partial charge is 0.389 e. The van der Waals surface area contributed by atoms with E-state index in [9.17, 15) is 5.11 Å². The van der Waals surface area contributed by atoms with Crippen LogP contribution in [-0.4, -0.2) is 20.3 Å². The summed E-state index contributed by atoms with van der Waals surface area (Å²) >= 11 is 0. The van der Waals surface area contributed by atoms with E-state index in [1.807, 2.05) is 17.8 Å². The van der Waals surface area contributed by atoms with E-state index in [-0.39, 0.29) is 0 Å². The Kier molecular flexibility index (Phi) is 2.83. The van der Waals surface area contributed by atoms with Crippen LogP contribution in [0.5, 0.6) is 0 Å². The van der Waals surface area contributed by atoms with Crippen molar-refractivity contribution in [1.29, 1.82) is 0 Å². The molecule has 1 aromatic rings. The van der Waals surface area contributed by atoms with E-state index in [4.69, 9.17) is 0 Å². The maximum Gasteiger partial charge on any atom is 0.111 e. The van der Waals surface area contributed by atoms with Crippen LogP contribution in [0.15, 0.2) is 12.4 Å². The Balaban J connectivity index is 2.03. The van der Waals surface area contributed by atoms with E-state index in [1.165, 1.54) is 6.42 Å². The van der Waals surface area contributed by atoms with E-state index in [1.54, 1.807) is 6.20 Å². The van der Waals surface area contributed by atoms with Crippen molar-refractivity contribution in [3.05, 3.63) is 18.2 Å². The summed E-state index contributed by atoms with van der Waals surface area (Å²) in [7, 11) is 1.98. The number of aliphatic hydroxyl groups is 1. The van der Waals surface area contributed by atoms with Crippen molar-refractivity contribution in [3.8, 4) is 0 Å². The molecule has 0 aliphatic heterocycles. The van der Waals surface area contributed by atoms with Gasteiger partial charge in [0.25, 0.3) is 0 Å². The van der Waals surface area contributed by atoms with Crippen LogP contribution in [0, 0.1) is 5.92 Å². The third-order valence-electron chi connectivity index (χ3n) is 3.67. The second-order valence-corrected chi connectivity index (χ2v) is 4.87. The van der Waals surface area contributed by atoms with Crippen LogP contribution in [0.1, 0.15) is 38.4 Å². The van der Waals surface area contributed by atoms with Gasteiger partial charge >= 0.3 is 0 Å². The molecule has 1 aromatic heterocycles. The molecule has 3 heteroatoms. The van der Waals surface area contributed by atoms with Crippen LogP contribution in [0.25, 0.3) is 0 Å². The Labute approximate surface area is 91.1 Å². The minimum Gasteiger partial charge on any atom is -0.389 e. The smallest absolute Gasteiger partial charge is 0.111 e. The van der Waals surface area contributed by atoms with Crippen molar-refractivity contribution >= 4 is 0 Å². The Morgan fingerprint density at radius 2 is 2.47 bits per heavy atom. The number of rotatable bonds is 3. The number of nitrogens with zero attached hydrogens (tertiary/aromatic N) is 2. The van der Waals surface area contributed by atoms with E-state index in [0.29, 0.717) is 12.3 Å². The highest BCUT2D eigenvalue weighted by Crippen LogP contribution is 2.38. The molecule has 2 rings (SSSR count). The zero-order valence-corrected chi connectivity index (χ0v) is 9.61. The van der Waals surface area contributed by atoms with Crippen molar-refractivity contribution in [3.63, 3.8) is 0 Å². The fraction of sp³-hybridized carbons (Fsp3) is 0.750. The molecule has 84 valence electrons. The monoisotopic (exact) mass is 208 g/mol. The number of hydrogen-bond donors (Lipinski definition) is 1. The molecule has 15 heavy (non-hydrogen) atoms. The summed E-state index contributed by atoms with van der Waals surface area (Å²) in [6.07, 6.45) is 8.65. The zero-order valence-electron chi connectivity index (χ0n) is 9.61. The highest BCUT2D eigenvalue weighted by Gasteiger charge is 2.37. The predicted molar refractivity (Wildman–Crippen MR) is 59.5 cm³/mol. The summed E-state index contributed by atoms with van der Waals surface area (Å²) in [6.45, 7) is 2.21. The summed E-state index contributed by atoms with van der Waals surface area (Å²) in [4.78, 5) is 4.28. The molecule has 0 aromatic carbocycles. The molecule has 0 radical (unpaired) electrons. The molecule has 0 amide bonds. The van der Waals surface area contributed by atoms with Crippen LogP contribution >= 0.6 is 0 Å². The second kappa shape index (κ2) is 3.97. The van der Waals surface area contributed by atoms with Crippen molar-refractivity contribution < 1.29 is 5.11 Å². The van der Waals surface area contributed by atoms with Crippen molar-refractivity contribution in [2.45, 2.75) is 44.6 Å². The third kappa shape index (κ3) is 2.23. The first-order valence-corrected chi connectivity index (χ1v) is 5.81. The lowest BCUT2D eigenvalue weighted by Gasteiger charge is -2.22. The Morgan fingerprint density at radius 1 is 1.67 bits per heavy atom. The number of hydrogen-bond acceptors (Lipinski definition) is 2. The molecule has 2 unspecified atom stereocenters. The quantitative estimate of drug-likeness (QED) is 0.824. The van der Waals surface area contributed by atoms with Crippen LogP contribution in [0.3, 0.4) is 0 Å². The Morgan fingerprint density at radius 3 is 3.00 bits per heavy atom. The first-order chi connectivity index (χ1) is 7.13. The van der Waals surface area contributed by atoms with Gasteiger partial charge in [0.15, 0.2) is 0 Å². The fourth-order valence-electron chi connectivity index (χ4n) is 2.58. The average Bonchev–Trinajstić information content (AvgIpc) is 2.75. The molecule has 1 aliphatic carbocycles. The molecule has 3 nitrogen and oxygen atoms in total. The van der Waals surface area contributed by atoms with Gasteiger partial charge in [0.1, 0.15) is 5.82 Å². The summed E-state index contributed by atoms with van der Waals surface area (Å²) < 4.78 is 2.00. The van der Waals surface area contributed by atoms with Crippen LogP contribution in [0.4, 0.5) is 0 Å². The molecule has 1 heterocycles. The van der Waals surface area contributed by atoms with Gasteiger partial charge in [-0.05, 0) is 25.2 Å². The van der Waals surface area contributed by atoms with Gasteiger partial charge < -0.3 is 9.67 Å². The number of imidazole rings is 1. The second-order valence-electron chi connectivity index (χ2n) is 4.87. The van der Waals surface area contributed by atoms with Gasteiger partial charge in [-0.15, -0.1) is 0 Å². The van der Waals surface area contributed by atoms with Gasteiger partial charge in [-0.3, -0.25) is 0 Å². The molecule has 1 fully saturated rings. The van der Waals surface area contributed by atoms with Gasteiger partial charge in [-0.2, -0.15) is 0 Å². The van der Waals surface area contributed by atoms with Crippen LogP contribution < -0.4 is 0 Å². The summed E-state index contributed by atoms with van der Waals surface area (Å²) in [5, 5.41) is 10.4. The molecular formula is C12H20N2O. The first-order valence-electron chi connectivity index (χ1n) is 5.81. The van der Waals surface area contributed by atoms with Gasteiger partial charge in [-0.25, -0.2) is 4.98 Å². The molecule has 1 aliphatic rings. The topological polar surface area (TPSA) is 38.1 Å². The maximum atomic E-state index is 10.4. The Hall–Kier alpha value is -0.830. The van der Waals surface area contributed by atoms with Crippen LogP contribution in [0.2, 0.25) is 0 Å². The fourth-order valence-corrected chi connectivity index (χ4v) is 2.58. The van der Waals surface area contributed by atoms with Crippen molar-refractivity contribution in [2.75, 3.05) is 0 Å². The van der Waals surface area contributed by atoms with Gasteiger partial charge in [-0.1, -0.05) is 13.3 Å². The standard InChI is InChI=1S/C12H20N2O/c1-3-10-4-5-12(15,8-10)9-11-13-6-7-14(11)2/h6-7,10,15H,3-5,8-9H2,1-2H3. The highest BCUT2D eigenvalue weighted by molar-refractivity contribution is 5.01. The molecule has 0 spiro atoms. The lowest BCUT2D eigenvalue weighted by molar-refractivity contribution is 0.0410. The van der Waals surface area contributed by atoms with Crippen LogP contribution in [-0.2, 0) is 13.5 Å². The minimum absolute atomic E-state index is 0.500. The molecule has 0 bridgehead atoms. The lowest BCUT2D eigenvalue weighted by atomic mass is 9.95. The molecule has 0 saturated heterocycles. The Bertz CT molecular complexity index is 334. The number of aryl methyl sites for hydroxylation is 1. The average molecular weight is 208 g/mol. The molecular weight excluding hydrogens is 188 g/mol. The predicted octanol–water partition coefficient (Wildman–Crippen LogP) is 1.90. The highest BCUT2D eigenvalue weighted by atomic mass is 16.3. The van der Waals surface area contributed by atoms with Gasteiger partial charge in [0.05, 0.1) is 5.60 Å². The van der Waals surface area contributed by atoms with E-state index < -0.39 is 5.60 Å². The summed E-state index contributed by atoms with van der Waals surface area (Å²) in [5.74, 6) is 1.70. The van der Waals surface area contributed by atoms with E-state index in [2.05, 4.69) is 11.9 Å². The van der Waals surface area contributed by atoms with Gasteiger partial charge in [0.2, 0.25) is 0 Å². The van der Waals surface area contributed by atoms with E-state index in [0.717, 1.165) is 25.1 Å². The van der Waals surface area contributed by atoms with Gasteiger partial charge in [0, 0.05) is 25.9 Å². The SMILES string of the molecule is CCC1CCC(O)(Cc2nccn2C)C1. The maximum absolute atomic E-state index is 10.4. The number of aromatic nitrogens is 2. The summed E-state index contributed by atoms with van der Waals surface area (Å²) in [6, 6.07) is 0. The molecule has 2 atom stereocenters. The first kappa shape index (κ1) is 10.7. The zero-order chi connectivity index (χ0) is 10.9. The summed E-state index contributed by atoms with van der Waals surface area (Å²) in [5.41, 5.74) is -0.500. The van der Waals surface area contributed by atoms with E-state index >= 15 is 0 Å². The molecule has 1 N–H and O–H groups in total.